The van der Waals surface area contributed by atoms with E-state index in [0.717, 1.165) is 25.4 Å². The predicted molar refractivity (Wildman–Crippen MR) is 118 cm³/mol. The summed E-state index contributed by atoms with van der Waals surface area (Å²) in [7, 11) is 1.54. The number of piperidine rings is 1. The summed E-state index contributed by atoms with van der Waals surface area (Å²) in [5.74, 6) is 1.55. The molecule has 5 nitrogen and oxygen atoms in total. The third kappa shape index (κ3) is 4.31. The topological polar surface area (TPSA) is 58.6 Å². The van der Waals surface area contributed by atoms with Gasteiger partial charge in [-0.15, -0.1) is 0 Å². The van der Waals surface area contributed by atoms with E-state index in [1.165, 1.54) is 25.7 Å². The second-order valence-electron chi connectivity index (χ2n) is 8.19. The Kier molecular flexibility index (Phi) is 6.28. The lowest BCUT2D eigenvalue weighted by atomic mass is 9.75. The molecule has 0 aromatic heterocycles. The number of anilines is 1. The fourth-order valence-corrected chi connectivity index (χ4v) is 4.97. The largest absolute Gasteiger partial charge is 0.496 e. The van der Waals surface area contributed by atoms with E-state index in [-0.39, 0.29) is 11.8 Å². The maximum absolute atomic E-state index is 13.2. The third-order valence-electron chi connectivity index (χ3n) is 6.39. The summed E-state index contributed by atoms with van der Waals surface area (Å²) in [5.41, 5.74) is 1.48. The highest BCUT2D eigenvalue weighted by Crippen LogP contribution is 2.37. The SMILES string of the molecule is COc1cc(NC(=O)c2ccccc2Cl)ccc1C(=O)N1CC[C@H]2CCCC[C@H]2C1. The van der Waals surface area contributed by atoms with E-state index >= 15 is 0 Å². The lowest BCUT2D eigenvalue weighted by molar-refractivity contribution is 0.0518. The van der Waals surface area contributed by atoms with Gasteiger partial charge in [-0.3, -0.25) is 9.59 Å². The Morgan fingerprint density at radius 3 is 2.57 bits per heavy atom. The quantitative estimate of drug-likeness (QED) is 0.726. The van der Waals surface area contributed by atoms with E-state index in [1.807, 2.05) is 4.90 Å². The molecule has 2 aromatic carbocycles. The fourth-order valence-electron chi connectivity index (χ4n) is 4.75. The summed E-state index contributed by atoms with van der Waals surface area (Å²) in [6.07, 6.45) is 6.20. The standard InChI is InChI=1S/C24H27ClN2O3/c1-30-22-14-18(26-23(28)19-8-4-5-9-21(19)25)10-11-20(22)24(29)27-13-12-16-6-2-3-7-17(16)15-27/h4-5,8-11,14,16-17H,2-3,6-7,12-13,15H2,1H3,(H,26,28)/t16-,17+/m1/s1. The maximum Gasteiger partial charge on any atom is 0.257 e. The summed E-state index contributed by atoms with van der Waals surface area (Å²) in [6.45, 7) is 1.63. The molecule has 30 heavy (non-hydrogen) atoms. The number of nitrogens with one attached hydrogen (secondary N) is 1. The van der Waals surface area contributed by atoms with Crippen molar-refractivity contribution in [3.8, 4) is 5.75 Å². The van der Waals surface area contributed by atoms with Crippen molar-refractivity contribution < 1.29 is 14.3 Å². The zero-order valence-corrected chi connectivity index (χ0v) is 18.0. The van der Waals surface area contributed by atoms with Crippen molar-refractivity contribution in [3.63, 3.8) is 0 Å². The smallest absolute Gasteiger partial charge is 0.257 e. The van der Waals surface area contributed by atoms with Crippen molar-refractivity contribution in [2.45, 2.75) is 32.1 Å². The van der Waals surface area contributed by atoms with Gasteiger partial charge in [0.1, 0.15) is 5.75 Å². The first-order valence-electron chi connectivity index (χ1n) is 10.6. The Hall–Kier alpha value is -2.53. The second kappa shape index (κ2) is 9.09. The highest BCUT2D eigenvalue weighted by atomic mass is 35.5. The molecule has 1 N–H and O–H groups in total. The third-order valence-corrected chi connectivity index (χ3v) is 6.72. The molecule has 1 aliphatic carbocycles. The minimum atomic E-state index is -0.305. The Balaban J connectivity index is 1.49. The Bertz CT molecular complexity index is 946. The van der Waals surface area contributed by atoms with Crippen LogP contribution >= 0.6 is 11.6 Å². The molecule has 0 unspecified atom stereocenters. The Morgan fingerprint density at radius 1 is 1.03 bits per heavy atom. The molecular formula is C24H27ClN2O3. The molecule has 2 fully saturated rings. The first kappa shape index (κ1) is 20.7. The number of ether oxygens (including phenoxy) is 1. The number of rotatable bonds is 4. The van der Waals surface area contributed by atoms with Crippen LogP contribution in [0.5, 0.6) is 5.75 Å². The van der Waals surface area contributed by atoms with Crippen molar-refractivity contribution in [1.82, 2.24) is 4.90 Å². The number of hydrogen-bond donors (Lipinski definition) is 1. The van der Waals surface area contributed by atoms with Crippen LogP contribution in [0.15, 0.2) is 42.5 Å². The first-order valence-corrected chi connectivity index (χ1v) is 11.0. The van der Waals surface area contributed by atoms with Crippen LogP contribution in [0.2, 0.25) is 5.02 Å². The zero-order valence-electron chi connectivity index (χ0n) is 17.2. The van der Waals surface area contributed by atoms with Crippen LogP contribution in [0.4, 0.5) is 5.69 Å². The molecule has 0 spiro atoms. The predicted octanol–water partition coefficient (Wildman–Crippen LogP) is 5.25. The van der Waals surface area contributed by atoms with E-state index in [0.29, 0.717) is 33.5 Å². The molecule has 0 radical (unpaired) electrons. The van der Waals surface area contributed by atoms with E-state index in [4.69, 9.17) is 16.3 Å². The summed E-state index contributed by atoms with van der Waals surface area (Å²) in [5, 5.41) is 3.22. The number of benzene rings is 2. The zero-order chi connectivity index (χ0) is 21.1. The molecule has 1 saturated carbocycles. The van der Waals surface area contributed by atoms with Gasteiger partial charge in [-0.25, -0.2) is 0 Å². The highest BCUT2D eigenvalue weighted by molar-refractivity contribution is 6.34. The Morgan fingerprint density at radius 2 is 1.80 bits per heavy atom. The molecular weight excluding hydrogens is 400 g/mol. The van der Waals surface area contributed by atoms with E-state index in [9.17, 15) is 9.59 Å². The first-order chi connectivity index (χ1) is 14.6. The fraction of sp³-hybridized carbons (Fsp3) is 0.417. The van der Waals surface area contributed by atoms with Crippen LogP contribution in [0.1, 0.15) is 52.8 Å². The molecule has 158 valence electrons. The number of halogens is 1. The van der Waals surface area contributed by atoms with Gasteiger partial charge in [-0.2, -0.15) is 0 Å². The molecule has 0 bridgehead atoms. The van der Waals surface area contributed by atoms with Crippen LogP contribution in [0.25, 0.3) is 0 Å². The van der Waals surface area contributed by atoms with Crippen LogP contribution in [0, 0.1) is 11.8 Å². The van der Waals surface area contributed by atoms with Crippen LogP contribution in [-0.4, -0.2) is 36.9 Å². The van der Waals surface area contributed by atoms with E-state index in [2.05, 4.69) is 5.32 Å². The molecule has 2 aliphatic rings. The number of amides is 2. The van der Waals surface area contributed by atoms with Crippen LogP contribution in [0.3, 0.4) is 0 Å². The van der Waals surface area contributed by atoms with Crippen molar-refractivity contribution >= 4 is 29.1 Å². The van der Waals surface area contributed by atoms with E-state index < -0.39 is 0 Å². The van der Waals surface area contributed by atoms with Crippen LogP contribution in [-0.2, 0) is 0 Å². The number of fused-ring (bicyclic) bond motifs is 1. The van der Waals surface area contributed by atoms with Crippen molar-refractivity contribution in [2.75, 3.05) is 25.5 Å². The molecule has 1 heterocycles. The van der Waals surface area contributed by atoms with Crippen molar-refractivity contribution in [2.24, 2.45) is 11.8 Å². The van der Waals surface area contributed by atoms with Gasteiger partial charge in [-0.1, -0.05) is 43.0 Å². The summed E-state index contributed by atoms with van der Waals surface area (Å²) in [4.78, 5) is 27.7. The molecule has 6 heteroatoms. The van der Waals surface area contributed by atoms with Gasteiger partial charge in [0.2, 0.25) is 0 Å². The molecule has 1 aliphatic heterocycles. The Labute approximate surface area is 182 Å². The molecule has 2 amide bonds. The van der Waals surface area contributed by atoms with Gasteiger partial charge in [0.05, 0.1) is 23.3 Å². The number of carbonyl (C=O) groups is 2. The summed E-state index contributed by atoms with van der Waals surface area (Å²) in [6, 6.07) is 12.0. The lowest BCUT2D eigenvalue weighted by Crippen LogP contribution is -2.44. The normalized spacial score (nSPS) is 20.9. The number of methoxy groups -OCH3 is 1. The van der Waals surface area contributed by atoms with Gasteiger partial charge < -0.3 is 15.0 Å². The summed E-state index contributed by atoms with van der Waals surface area (Å²) < 4.78 is 5.49. The number of carbonyl (C=O) groups excluding carboxylic acids is 2. The second-order valence-corrected chi connectivity index (χ2v) is 8.60. The molecule has 1 saturated heterocycles. The van der Waals surface area contributed by atoms with Gasteiger partial charge in [0.25, 0.3) is 11.8 Å². The molecule has 2 aromatic rings. The van der Waals surface area contributed by atoms with E-state index in [1.54, 1.807) is 49.6 Å². The van der Waals surface area contributed by atoms with Gasteiger partial charge in [0, 0.05) is 24.8 Å². The number of likely N-dealkylation sites (tertiary alicyclic amines) is 1. The maximum atomic E-state index is 13.2. The van der Waals surface area contributed by atoms with Gasteiger partial charge >= 0.3 is 0 Å². The monoisotopic (exact) mass is 426 g/mol. The van der Waals surface area contributed by atoms with Crippen molar-refractivity contribution in [1.29, 1.82) is 0 Å². The minimum Gasteiger partial charge on any atom is -0.496 e. The molecule has 2 atom stereocenters. The number of nitrogens with zero attached hydrogens (tertiary/aromatic N) is 1. The minimum absolute atomic E-state index is 0.000135. The molecule has 4 rings (SSSR count). The highest BCUT2D eigenvalue weighted by Gasteiger charge is 2.33. The van der Waals surface area contributed by atoms with Gasteiger partial charge in [0.15, 0.2) is 0 Å². The average Bonchev–Trinajstić information content (AvgIpc) is 2.78. The average molecular weight is 427 g/mol. The van der Waals surface area contributed by atoms with Gasteiger partial charge in [-0.05, 0) is 48.9 Å². The van der Waals surface area contributed by atoms with Crippen LogP contribution < -0.4 is 10.1 Å². The van der Waals surface area contributed by atoms with Crippen molar-refractivity contribution in [3.05, 3.63) is 58.6 Å². The number of hydrogen-bond acceptors (Lipinski definition) is 3. The summed E-state index contributed by atoms with van der Waals surface area (Å²) >= 11 is 6.11. The lowest BCUT2D eigenvalue weighted by Gasteiger charge is -2.41.